The molecule has 3 rings (SSSR count). The monoisotopic (exact) mass is 333 g/mol. The lowest BCUT2D eigenvalue weighted by atomic mass is 9.97. The van der Waals surface area contributed by atoms with Crippen molar-refractivity contribution < 1.29 is 4.79 Å². The molecule has 6 heteroatoms. The molecular formula is C18H31N5O. The molecule has 0 bridgehead atoms. The summed E-state index contributed by atoms with van der Waals surface area (Å²) in [6.45, 7) is 8.60. The summed E-state index contributed by atoms with van der Waals surface area (Å²) in [6.07, 6.45) is 8.58. The first kappa shape index (κ1) is 17.3. The minimum absolute atomic E-state index is 0.222. The number of aromatic nitrogens is 2. The highest BCUT2D eigenvalue weighted by Crippen LogP contribution is 2.27. The van der Waals surface area contributed by atoms with Gasteiger partial charge >= 0.3 is 6.03 Å². The number of piperazine rings is 1. The van der Waals surface area contributed by atoms with Crippen molar-refractivity contribution in [2.75, 3.05) is 46.3 Å². The van der Waals surface area contributed by atoms with Crippen LogP contribution in [-0.2, 0) is 6.54 Å². The molecule has 0 spiro atoms. The van der Waals surface area contributed by atoms with Crippen molar-refractivity contribution in [3.8, 4) is 0 Å². The molecule has 0 aromatic carbocycles. The number of piperidine rings is 1. The Balaban J connectivity index is 1.62. The van der Waals surface area contributed by atoms with Gasteiger partial charge < -0.3 is 19.3 Å². The molecule has 2 aliphatic heterocycles. The quantitative estimate of drug-likeness (QED) is 0.849. The maximum Gasteiger partial charge on any atom is 0.320 e. The van der Waals surface area contributed by atoms with Gasteiger partial charge in [0.2, 0.25) is 0 Å². The molecule has 1 atom stereocenters. The van der Waals surface area contributed by atoms with Crippen LogP contribution in [0.2, 0.25) is 0 Å². The molecule has 0 saturated carbocycles. The summed E-state index contributed by atoms with van der Waals surface area (Å²) < 4.78 is 2.29. The third-order valence-corrected chi connectivity index (χ3v) is 5.33. The molecule has 2 saturated heterocycles. The number of hydrogen-bond acceptors (Lipinski definition) is 3. The molecule has 2 aliphatic rings. The van der Waals surface area contributed by atoms with Gasteiger partial charge in [-0.1, -0.05) is 13.3 Å². The number of unbranched alkanes of at least 4 members (excludes halogenated alkanes) is 1. The van der Waals surface area contributed by atoms with E-state index in [9.17, 15) is 4.79 Å². The number of carbonyl (C=O) groups excluding carboxylic acids is 1. The number of nitrogens with zero attached hydrogens (tertiary/aromatic N) is 5. The number of imidazole rings is 1. The van der Waals surface area contributed by atoms with E-state index in [1.807, 2.05) is 11.1 Å². The van der Waals surface area contributed by atoms with E-state index in [-0.39, 0.29) is 6.03 Å². The van der Waals surface area contributed by atoms with E-state index >= 15 is 0 Å². The number of rotatable bonds is 4. The summed E-state index contributed by atoms with van der Waals surface area (Å²) in [6, 6.07) is 0.222. The number of likely N-dealkylation sites (N-methyl/N-ethyl adjacent to an activating group) is 1. The van der Waals surface area contributed by atoms with Crippen LogP contribution in [-0.4, -0.2) is 76.6 Å². The molecule has 0 radical (unpaired) electrons. The molecular weight excluding hydrogens is 302 g/mol. The first-order valence-electron chi connectivity index (χ1n) is 9.42. The Morgan fingerprint density at radius 2 is 2.00 bits per heavy atom. The fourth-order valence-corrected chi connectivity index (χ4v) is 3.76. The van der Waals surface area contributed by atoms with Crippen molar-refractivity contribution in [1.29, 1.82) is 0 Å². The van der Waals surface area contributed by atoms with Gasteiger partial charge in [-0.05, 0) is 26.3 Å². The lowest BCUT2D eigenvalue weighted by Crippen LogP contribution is -2.53. The Kier molecular flexibility index (Phi) is 5.76. The standard InChI is InChI=1S/C18H31N5O/c1-3-4-8-21-10-7-19-17(21)16-6-5-9-23(15-16)18(24)22-13-11-20(2)12-14-22/h7,10,16H,3-6,8-9,11-15H2,1-2H3/t16-/m1/s1. The highest BCUT2D eigenvalue weighted by atomic mass is 16.2. The Morgan fingerprint density at radius 1 is 1.21 bits per heavy atom. The molecule has 134 valence electrons. The van der Waals surface area contributed by atoms with Gasteiger partial charge in [-0.25, -0.2) is 9.78 Å². The minimum Gasteiger partial charge on any atom is -0.335 e. The molecule has 24 heavy (non-hydrogen) atoms. The van der Waals surface area contributed by atoms with E-state index in [0.717, 1.165) is 58.7 Å². The summed E-state index contributed by atoms with van der Waals surface area (Å²) in [7, 11) is 2.12. The Labute approximate surface area is 145 Å². The van der Waals surface area contributed by atoms with Crippen LogP contribution >= 0.6 is 0 Å². The first-order valence-corrected chi connectivity index (χ1v) is 9.42. The van der Waals surface area contributed by atoms with Crippen LogP contribution < -0.4 is 0 Å². The zero-order valence-electron chi connectivity index (χ0n) is 15.2. The van der Waals surface area contributed by atoms with Crippen molar-refractivity contribution >= 4 is 6.03 Å². The lowest BCUT2D eigenvalue weighted by Gasteiger charge is -2.39. The van der Waals surface area contributed by atoms with Crippen molar-refractivity contribution in [3.05, 3.63) is 18.2 Å². The van der Waals surface area contributed by atoms with Gasteiger partial charge in [0.05, 0.1) is 0 Å². The fraction of sp³-hybridized carbons (Fsp3) is 0.778. The van der Waals surface area contributed by atoms with E-state index < -0.39 is 0 Å². The van der Waals surface area contributed by atoms with Crippen LogP contribution in [0.3, 0.4) is 0 Å². The van der Waals surface area contributed by atoms with Gasteiger partial charge in [-0.15, -0.1) is 0 Å². The summed E-state index contributed by atoms with van der Waals surface area (Å²) in [5.41, 5.74) is 0. The van der Waals surface area contributed by atoms with Crippen LogP contribution in [0.15, 0.2) is 12.4 Å². The average Bonchev–Trinajstić information content (AvgIpc) is 3.08. The first-order chi connectivity index (χ1) is 11.7. The predicted octanol–water partition coefficient (Wildman–Crippen LogP) is 2.23. The molecule has 2 fully saturated rings. The summed E-state index contributed by atoms with van der Waals surface area (Å²) in [5, 5.41) is 0. The van der Waals surface area contributed by atoms with Gasteiger partial charge in [0.25, 0.3) is 0 Å². The third-order valence-electron chi connectivity index (χ3n) is 5.33. The predicted molar refractivity (Wildman–Crippen MR) is 95.1 cm³/mol. The second kappa shape index (κ2) is 8.01. The Morgan fingerprint density at radius 3 is 2.75 bits per heavy atom. The fourth-order valence-electron chi connectivity index (χ4n) is 3.76. The summed E-state index contributed by atoms with van der Waals surface area (Å²) in [4.78, 5) is 23.8. The largest absolute Gasteiger partial charge is 0.335 e. The molecule has 6 nitrogen and oxygen atoms in total. The van der Waals surface area contributed by atoms with Crippen LogP contribution in [0.25, 0.3) is 0 Å². The minimum atomic E-state index is 0.222. The SMILES string of the molecule is CCCCn1ccnc1[C@@H]1CCCN(C(=O)N2CCN(C)CC2)C1. The molecule has 2 amide bonds. The van der Waals surface area contributed by atoms with Crippen molar-refractivity contribution in [1.82, 2.24) is 24.3 Å². The molecule has 0 aliphatic carbocycles. The van der Waals surface area contributed by atoms with E-state index in [2.05, 4.69) is 39.5 Å². The van der Waals surface area contributed by atoms with Gasteiger partial charge in [0, 0.05) is 64.1 Å². The van der Waals surface area contributed by atoms with Crippen molar-refractivity contribution in [3.63, 3.8) is 0 Å². The Hall–Kier alpha value is -1.56. The molecule has 3 heterocycles. The summed E-state index contributed by atoms with van der Waals surface area (Å²) in [5.74, 6) is 1.54. The van der Waals surface area contributed by atoms with Crippen LogP contribution in [0, 0.1) is 0 Å². The van der Waals surface area contributed by atoms with E-state index in [4.69, 9.17) is 0 Å². The van der Waals surface area contributed by atoms with Crippen molar-refractivity contribution in [2.45, 2.75) is 45.1 Å². The number of aryl methyl sites for hydroxylation is 1. The van der Waals surface area contributed by atoms with Crippen LogP contribution in [0.1, 0.15) is 44.3 Å². The molecule has 1 aromatic rings. The van der Waals surface area contributed by atoms with Gasteiger partial charge in [0.1, 0.15) is 5.82 Å². The van der Waals surface area contributed by atoms with E-state index in [1.165, 1.54) is 18.7 Å². The second-order valence-electron chi connectivity index (χ2n) is 7.19. The molecule has 0 N–H and O–H groups in total. The van der Waals surface area contributed by atoms with Crippen LogP contribution in [0.5, 0.6) is 0 Å². The number of carbonyl (C=O) groups is 1. The summed E-state index contributed by atoms with van der Waals surface area (Å²) >= 11 is 0. The smallest absolute Gasteiger partial charge is 0.320 e. The Bertz CT molecular complexity index is 535. The van der Waals surface area contributed by atoms with E-state index in [0.29, 0.717) is 5.92 Å². The highest BCUT2D eigenvalue weighted by molar-refractivity contribution is 5.74. The number of amides is 2. The van der Waals surface area contributed by atoms with Crippen LogP contribution in [0.4, 0.5) is 4.79 Å². The average molecular weight is 333 g/mol. The van der Waals surface area contributed by atoms with Gasteiger partial charge in [-0.3, -0.25) is 0 Å². The van der Waals surface area contributed by atoms with E-state index in [1.54, 1.807) is 0 Å². The van der Waals surface area contributed by atoms with Gasteiger partial charge in [0.15, 0.2) is 0 Å². The maximum absolute atomic E-state index is 12.8. The molecule has 0 unspecified atom stereocenters. The van der Waals surface area contributed by atoms with Gasteiger partial charge in [-0.2, -0.15) is 0 Å². The topological polar surface area (TPSA) is 44.6 Å². The number of likely N-dealkylation sites (tertiary alicyclic amines) is 1. The maximum atomic E-state index is 12.8. The zero-order chi connectivity index (χ0) is 16.9. The normalized spacial score (nSPS) is 22.8. The number of hydrogen-bond donors (Lipinski definition) is 0. The number of urea groups is 1. The lowest BCUT2D eigenvalue weighted by molar-refractivity contribution is 0.111. The highest BCUT2D eigenvalue weighted by Gasteiger charge is 2.30. The third kappa shape index (κ3) is 3.91. The second-order valence-corrected chi connectivity index (χ2v) is 7.19. The molecule has 1 aromatic heterocycles. The zero-order valence-corrected chi connectivity index (χ0v) is 15.2. The van der Waals surface area contributed by atoms with Crippen molar-refractivity contribution in [2.24, 2.45) is 0 Å².